The highest BCUT2D eigenvalue weighted by atomic mass is 32.2. The van der Waals surface area contributed by atoms with Gasteiger partial charge in [0.1, 0.15) is 17.4 Å². The van der Waals surface area contributed by atoms with Crippen LogP contribution in [0.15, 0.2) is 53.8 Å². The molecule has 4 heterocycles. The summed E-state index contributed by atoms with van der Waals surface area (Å²) in [6.07, 6.45) is 5.15. The molecule has 1 saturated heterocycles. The van der Waals surface area contributed by atoms with Crippen molar-refractivity contribution in [3.05, 3.63) is 54.4 Å². The minimum Gasteiger partial charge on any atom is -0.489 e. The van der Waals surface area contributed by atoms with Crippen LogP contribution >= 0.6 is 0 Å². The molecule has 2 atom stereocenters. The highest BCUT2D eigenvalue weighted by Crippen LogP contribution is 2.34. The number of pyridine rings is 3. The first-order chi connectivity index (χ1) is 17.0. The van der Waals surface area contributed by atoms with Crippen LogP contribution in [0.5, 0.6) is 5.75 Å². The third kappa shape index (κ3) is 5.40. The van der Waals surface area contributed by atoms with Crippen molar-refractivity contribution in [2.45, 2.75) is 63.8 Å². The number of nitrogens with two attached hydrogens (primary N) is 1. The van der Waals surface area contributed by atoms with E-state index in [1.165, 1.54) is 18.2 Å². The molecule has 0 radical (unpaired) electrons. The molecule has 1 amide bonds. The van der Waals surface area contributed by atoms with Crippen LogP contribution in [-0.4, -0.2) is 47.5 Å². The molecule has 36 heavy (non-hydrogen) atoms. The number of ether oxygens (including phenoxy) is 1. The number of sulfonamides is 1. The number of carbonyl (C=O) groups is 1. The smallest absolute Gasteiger partial charge is 0.281 e. The lowest BCUT2D eigenvalue weighted by molar-refractivity contribution is 0.0981. The molecule has 11 heteroatoms. The standard InChI is InChI=1S/C25H30N6O4S/c1-15(2)35-19-12-18(13-27-14-19)21-11-10-20(24(28-21)31-16(3)8-9-17(31)4)25(32)30-36(33,34)23-7-5-6-22(26)29-23/h5-7,10-17H,8-9H2,1-4H3,(H2,26,29)(H,30,32)/t16-,17+. The lowest BCUT2D eigenvalue weighted by Gasteiger charge is -2.29. The maximum absolute atomic E-state index is 13.3. The summed E-state index contributed by atoms with van der Waals surface area (Å²) in [5.74, 6) is 0.258. The number of carbonyl (C=O) groups excluding carboxylic acids is 1. The maximum atomic E-state index is 13.3. The highest BCUT2D eigenvalue weighted by molar-refractivity contribution is 7.90. The quantitative estimate of drug-likeness (QED) is 0.489. The Hall–Kier alpha value is -3.73. The van der Waals surface area contributed by atoms with E-state index in [0.717, 1.165) is 18.4 Å². The normalized spacial score (nSPS) is 17.9. The summed E-state index contributed by atoms with van der Waals surface area (Å²) < 4.78 is 33.6. The van der Waals surface area contributed by atoms with Crippen LogP contribution in [0.4, 0.5) is 11.6 Å². The Morgan fingerprint density at radius 2 is 1.83 bits per heavy atom. The molecule has 1 aliphatic rings. The van der Waals surface area contributed by atoms with Gasteiger partial charge in [-0.05, 0) is 70.9 Å². The topological polar surface area (TPSA) is 140 Å². The number of amides is 1. The fourth-order valence-corrected chi connectivity index (χ4v) is 5.24. The van der Waals surface area contributed by atoms with Gasteiger partial charge in [0.15, 0.2) is 5.03 Å². The van der Waals surface area contributed by atoms with Crippen molar-refractivity contribution in [2.75, 3.05) is 10.6 Å². The summed E-state index contributed by atoms with van der Waals surface area (Å²) in [4.78, 5) is 28.3. The molecule has 3 aromatic rings. The van der Waals surface area contributed by atoms with E-state index in [0.29, 0.717) is 17.3 Å². The summed E-state index contributed by atoms with van der Waals surface area (Å²) in [6, 6.07) is 9.54. The summed E-state index contributed by atoms with van der Waals surface area (Å²) in [7, 11) is -4.24. The Bertz CT molecular complexity index is 1370. The first-order valence-electron chi connectivity index (χ1n) is 11.8. The summed E-state index contributed by atoms with van der Waals surface area (Å²) in [5, 5.41) is -0.335. The van der Waals surface area contributed by atoms with Gasteiger partial charge in [-0.1, -0.05) is 6.07 Å². The number of nitrogens with zero attached hydrogens (tertiary/aromatic N) is 4. The van der Waals surface area contributed by atoms with Crippen LogP contribution in [-0.2, 0) is 10.0 Å². The molecule has 0 aliphatic carbocycles. The number of nitrogen functional groups attached to an aromatic ring is 1. The molecule has 1 aliphatic heterocycles. The average molecular weight is 511 g/mol. The van der Waals surface area contributed by atoms with Gasteiger partial charge in [-0.3, -0.25) is 9.78 Å². The van der Waals surface area contributed by atoms with Crippen molar-refractivity contribution in [1.29, 1.82) is 0 Å². The highest BCUT2D eigenvalue weighted by Gasteiger charge is 2.33. The second kappa shape index (κ2) is 10.1. The van der Waals surface area contributed by atoms with Gasteiger partial charge in [0.05, 0.1) is 23.6 Å². The molecule has 4 rings (SSSR count). The Kier molecular flexibility index (Phi) is 7.11. The first-order valence-corrected chi connectivity index (χ1v) is 13.2. The zero-order valence-electron chi connectivity index (χ0n) is 20.7. The Balaban J connectivity index is 1.74. The van der Waals surface area contributed by atoms with E-state index >= 15 is 0 Å². The number of nitrogens with one attached hydrogen (secondary N) is 1. The minimum atomic E-state index is -4.24. The molecule has 0 spiro atoms. The van der Waals surface area contributed by atoms with Crippen molar-refractivity contribution in [2.24, 2.45) is 0 Å². The number of rotatable bonds is 7. The second-order valence-electron chi connectivity index (χ2n) is 9.16. The van der Waals surface area contributed by atoms with Gasteiger partial charge in [-0.2, -0.15) is 8.42 Å². The minimum absolute atomic E-state index is 0.0145. The summed E-state index contributed by atoms with van der Waals surface area (Å²) >= 11 is 0. The number of aromatic nitrogens is 3. The predicted molar refractivity (Wildman–Crippen MR) is 137 cm³/mol. The zero-order valence-corrected chi connectivity index (χ0v) is 21.5. The van der Waals surface area contributed by atoms with Crippen molar-refractivity contribution in [1.82, 2.24) is 19.7 Å². The van der Waals surface area contributed by atoms with E-state index in [1.807, 2.05) is 19.9 Å². The molecular weight excluding hydrogens is 480 g/mol. The van der Waals surface area contributed by atoms with E-state index in [1.54, 1.807) is 24.5 Å². The van der Waals surface area contributed by atoms with Crippen LogP contribution < -0.4 is 20.1 Å². The first kappa shape index (κ1) is 25.4. The monoisotopic (exact) mass is 510 g/mol. The molecule has 1 fully saturated rings. The van der Waals surface area contributed by atoms with Gasteiger partial charge < -0.3 is 15.4 Å². The van der Waals surface area contributed by atoms with E-state index in [-0.39, 0.29) is 34.6 Å². The SMILES string of the molecule is CC(C)Oc1cncc(-c2ccc(C(=O)NS(=O)(=O)c3cccc(N)n3)c(N3[C@H](C)CC[C@@H]3C)n2)c1. The van der Waals surface area contributed by atoms with Gasteiger partial charge in [0.25, 0.3) is 15.9 Å². The second-order valence-corrected chi connectivity index (χ2v) is 10.8. The molecule has 10 nitrogen and oxygen atoms in total. The van der Waals surface area contributed by atoms with Crippen molar-refractivity contribution < 1.29 is 17.9 Å². The molecule has 190 valence electrons. The largest absolute Gasteiger partial charge is 0.489 e. The fraction of sp³-hybridized carbons (Fsp3) is 0.360. The summed E-state index contributed by atoms with van der Waals surface area (Å²) in [6.45, 7) is 7.98. The fourth-order valence-electron chi connectivity index (χ4n) is 4.30. The van der Waals surface area contributed by atoms with Crippen LogP contribution in [0.3, 0.4) is 0 Å². The Labute approximate surface area is 211 Å². The van der Waals surface area contributed by atoms with Crippen molar-refractivity contribution in [3.63, 3.8) is 0 Å². The number of anilines is 2. The molecule has 0 saturated carbocycles. The molecule has 0 aromatic carbocycles. The van der Waals surface area contributed by atoms with Crippen LogP contribution in [0.2, 0.25) is 0 Å². The van der Waals surface area contributed by atoms with Gasteiger partial charge in [-0.25, -0.2) is 14.7 Å². The zero-order chi connectivity index (χ0) is 26.0. The number of hydrogen-bond donors (Lipinski definition) is 2. The average Bonchev–Trinajstić information content (AvgIpc) is 3.16. The Morgan fingerprint density at radius 3 is 2.50 bits per heavy atom. The van der Waals surface area contributed by atoms with Gasteiger partial charge >= 0.3 is 0 Å². The third-order valence-corrected chi connectivity index (χ3v) is 7.18. The third-order valence-electron chi connectivity index (χ3n) is 5.94. The van der Waals surface area contributed by atoms with E-state index < -0.39 is 15.9 Å². The molecule has 3 N–H and O–H groups in total. The van der Waals surface area contributed by atoms with Gasteiger partial charge in [0.2, 0.25) is 0 Å². The van der Waals surface area contributed by atoms with Gasteiger partial charge in [0, 0.05) is 23.8 Å². The van der Waals surface area contributed by atoms with Gasteiger partial charge in [-0.15, -0.1) is 0 Å². The number of hydrogen-bond acceptors (Lipinski definition) is 9. The molecular formula is C25H30N6O4S. The van der Waals surface area contributed by atoms with Crippen molar-refractivity contribution >= 4 is 27.6 Å². The maximum Gasteiger partial charge on any atom is 0.281 e. The molecule has 0 bridgehead atoms. The van der Waals surface area contributed by atoms with E-state index in [4.69, 9.17) is 15.5 Å². The van der Waals surface area contributed by atoms with Crippen molar-refractivity contribution in [3.8, 4) is 17.0 Å². The van der Waals surface area contributed by atoms with Crippen LogP contribution in [0.1, 0.15) is 50.9 Å². The van der Waals surface area contributed by atoms with E-state index in [2.05, 4.69) is 33.4 Å². The lowest BCUT2D eigenvalue weighted by atomic mass is 10.1. The lowest BCUT2D eigenvalue weighted by Crippen LogP contribution is -2.37. The summed E-state index contributed by atoms with van der Waals surface area (Å²) in [5.41, 5.74) is 7.08. The predicted octanol–water partition coefficient (Wildman–Crippen LogP) is 3.40. The molecule has 0 unspecified atom stereocenters. The van der Waals surface area contributed by atoms with E-state index in [9.17, 15) is 13.2 Å². The molecule has 3 aromatic heterocycles. The van der Waals surface area contributed by atoms with Crippen LogP contribution in [0, 0.1) is 0 Å². The van der Waals surface area contributed by atoms with Crippen LogP contribution in [0.25, 0.3) is 11.3 Å². The Morgan fingerprint density at radius 1 is 1.11 bits per heavy atom.